The summed E-state index contributed by atoms with van der Waals surface area (Å²) < 4.78 is 0. The van der Waals surface area contributed by atoms with Gasteiger partial charge in [-0.2, -0.15) is 0 Å². The van der Waals surface area contributed by atoms with Crippen molar-refractivity contribution >= 4 is 28.6 Å². The number of amides is 3. The van der Waals surface area contributed by atoms with Crippen LogP contribution in [0.25, 0.3) is 10.9 Å². The zero-order valence-corrected chi connectivity index (χ0v) is 18.0. The molecule has 2 fully saturated rings. The summed E-state index contributed by atoms with van der Waals surface area (Å²) in [5, 5.41) is 3.77. The van der Waals surface area contributed by atoms with Crippen LogP contribution < -0.4 is 5.32 Å². The molecular formula is C26H27N3O3. The van der Waals surface area contributed by atoms with Crippen molar-refractivity contribution in [3.63, 3.8) is 0 Å². The van der Waals surface area contributed by atoms with Crippen LogP contribution in [-0.2, 0) is 11.2 Å². The Morgan fingerprint density at radius 1 is 0.969 bits per heavy atom. The number of rotatable bonds is 6. The lowest BCUT2D eigenvalue weighted by Gasteiger charge is -2.22. The molecule has 0 bridgehead atoms. The van der Waals surface area contributed by atoms with Crippen LogP contribution in [0.1, 0.15) is 59.5 Å². The Morgan fingerprint density at radius 3 is 2.50 bits per heavy atom. The van der Waals surface area contributed by atoms with E-state index in [9.17, 15) is 14.4 Å². The fraction of sp³-hybridized carbons (Fsp3) is 0.346. The van der Waals surface area contributed by atoms with Crippen LogP contribution >= 0.6 is 0 Å². The molecule has 6 nitrogen and oxygen atoms in total. The number of imide groups is 1. The summed E-state index contributed by atoms with van der Waals surface area (Å²) in [5.41, 5.74) is 3.76. The molecule has 6 heteroatoms. The Hall–Kier alpha value is -3.41. The minimum atomic E-state index is -0.664. The van der Waals surface area contributed by atoms with Crippen LogP contribution in [0.5, 0.6) is 0 Å². The first-order valence-corrected chi connectivity index (χ1v) is 11.4. The van der Waals surface area contributed by atoms with Gasteiger partial charge in [-0.05, 0) is 36.0 Å². The summed E-state index contributed by atoms with van der Waals surface area (Å²) in [5.74, 6) is -0.00648. The number of H-pyrrole nitrogens is 1. The molecule has 164 valence electrons. The van der Waals surface area contributed by atoms with Gasteiger partial charge in [-0.25, -0.2) is 4.79 Å². The third-order valence-corrected chi connectivity index (χ3v) is 6.82. The lowest BCUT2D eigenvalue weighted by atomic mass is 9.84. The SMILES string of the molecule is O=C(CN1C(=O)N[C@H](Cc2c[nH]c3ccccc23)C1=O)c1ccc(C2CCCCC2)cc1. The predicted molar refractivity (Wildman–Crippen MR) is 123 cm³/mol. The van der Waals surface area contributed by atoms with Gasteiger partial charge in [0.1, 0.15) is 6.04 Å². The van der Waals surface area contributed by atoms with E-state index in [1.54, 1.807) is 0 Å². The van der Waals surface area contributed by atoms with Gasteiger partial charge in [0, 0.05) is 29.1 Å². The number of urea groups is 1. The molecule has 0 spiro atoms. The van der Waals surface area contributed by atoms with Crippen molar-refractivity contribution in [1.29, 1.82) is 0 Å². The normalized spacial score (nSPS) is 19.5. The number of nitrogens with one attached hydrogen (secondary N) is 2. The fourth-order valence-electron chi connectivity index (χ4n) is 5.00. The van der Waals surface area contributed by atoms with Crippen molar-refractivity contribution in [3.8, 4) is 0 Å². The number of Topliss-reactive ketones (excluding diaryl/α,β-unsaturated/α-hetero) is 1. The molecule has 1 aromatic heterocycles. The summed E-state index contributed by atoms with van der Waals surface area (Å²) in [6.45, 7) is -0.238. The van der Waals surface area contributed by atoms with E-state index in [1.807, 2.05) is 54.7 Å². The Labute approximate surface area is 187 Å². The Morgan fingerprint density at radius 2 is 1.72 bits per heavy atom. The highest BCUT2D eigenvalue weighted by molar-refractivity contribution is 6.09. The Balaban J connectivity index is 1.24. The van der Waals surface area contributed by atoms with Crippen LogP contribution in [0.3, 0.4) is 0 Å². The van der Waals surface area contributed by atoms with Gasteiger partial charge >= 0.3 is 6.03 Å². The monoisotopic (exact) mass is 429 g/mol. The molecule has 0 unspecified atom stereocenters. The van der Waals surface area contributed by atoms with Crippen molar-refractivity contribution in [2.75, 3.05) is 6.54 Å². The molecule has 0 radical (unpaired) electrons. The standard InChI is InChI=1S/C26H27N3O3/c30-24(19-12-10-18(11-13-19)17-6-2-1-3-7-17)16-29-25(31)23(28-26(29)32)14-20-15-27-22-9-5-4-8-21(20)22/h4-5,8-13,15,17,23,27H,1-3,6-7,14,16H2,(H,28,32)/t23-/m1/s1. The smallest absolute Gasteiger partial charge is 0.325 e. The van der Waals surface area contributed by atoms with Crippen LogP contribution in [0.15, 0.2) is 54.7 Å². The van der Waals surface area contributed by atoms with Crippen LogP contribution in [0, 0.1) is 0 Å². The Bertz CT molecular complexity index is 1160. The maximum Gasteiger partial charge on any atom is 0.325 e. The molecule has 3 amide bonds. The summed E-state index contributed by atoms with van der Waals surface area (Å²) in [6, 6.07) is 14.4. The van der Waals surface area contributed by atoms with Crippen LogP contribution in [0.2, 0.25) is 0 Å². The van der Waals surface area contributed by atoms with Crippen molar-refractivity contribution in [2.45, 2.75) is 50.5 Å². The van der Waals surface area contributed by atoms with E-state index < -0.39 is 12.1 Å². The second-order valence-corrected chi connectivity index (χ2v) is 8.87. The predicted octanol–water partition coefficient (Wildman–Crippen LogP) is 4.56. The first-order valence-electron chi connectivity index (χ1n) is 11.4. The van der Waals surface area contributed by atoms with Gasteiger partial charge in [0.05, 0.1) is 6.54 Å². The molecule has 1 aliphatic heterocycles. The molecule has 1 aliphatic carbocycles. The summed E-state index contributed by atoms with van der Waals surface area (Å²) in [4.78, 5) is 42.4. The number of fused-ring (bicyclic) bond motifs is 1. The average Bonchev–Trinajstić information content (AvgIpc) is 3.36. The number of ketones is 1. The molecule has 2 aliphatic rings. The maximum absolute atomic E-state index is 12.9. The number of para-hydroxylation sites is 1. The highest BCUT2D eigenvalue weighted by Crippen LogP contribution is 2.32. The maximum atomic E-state index is 12.9. The zero-order valence-electron chi connectivity index (χ0n) is 18.0. The molecule has 2 heterocycles. The largest absolute Gasteiger partial charge is 0.361 e. The number of carbonyl (C=O) groups is 3. The summed E-state index contributed by atoms with van der Waals surface area (Å²) in [6.07, 6.45) is 8.48. The van der Waals surface area contributed by atoms with E-state index in [1.165, 1.54) is 37.7 Å². The average molecular weight is 430 g/mol. The zero-order chi connectivity index (χ0) is 22.1. The lowest BCUT2D eigenvalue weighted by Crippen LogP contribution is -2.36. The topological polar surface area (TPSA) is 82.3 Å². The number of nitrogens with zero attached hydrogens (tertiary/aromatic N) is 1. The number of hydrogen-bond acceptors (Lipinski definition) is 3. The van der Waals surface area contributed by atoms with E-state index in [0.717, 1.165) is 21.4 Å². The molecular weight excluding hydrogens is 402 g/mol. The van der Waals surface area contributed by atoms with E-state index in [-0.39, 0.29) is 18.2 Å². The van der Waals surface area contributed by atoms with Crippen molar-refractivity contribution in [2.24, 2.45) is 0 Å². The number of benzene rings is 2. The second kappa shape index (κ2) is 8.61. The lowest BCUT2D eigenvalue weighted by molar-refractivity contribution is -0.127. The first-order chi connectivity index (χ1) is 15.6. The van der Waals surface area contributed by atoms with Gasteiger partial charge in [0.15, 0.2) is 5.78 Å². The molecule has 1 saturated heterocycles. The number of aromatic nitrogens is 1. The molecule has 32 heavy (non-hydrogen) atoms. The van der Waals surface area contributed by atoms with Gasteiger partial charge in [0.2, 0.25) is 0 Å². The third kappa shape index (κ3) is 3.93. The molecule has 2 N–H and O–H groups in total. The quantitative estimate of drug-likeness (QED) is 0.445. The highest BCUT2D eigenvalue weighted by Gasteiger charge is 2.39. The first kappa shape index (κ1) is 20.5. The number of hydrogen-bond donors (Lipinski definition) is 2. The molecule has 5 rings (SSSR count). The minimum absolute atomic E-state index is 0.226. The number of aromatic amines is 1. The molecule has 2 aromatic carbocycles. The minimum Gasteiger partial charge on any atom is -0.361 e. The van der Waals surface area contributed by atoms with E-state index in [2.05, 4.69) is 10.3 Å². The van der Waals surface area contributed by atoms with Crippen LogP contribution in [-0.4, -0.2) is 40.2 Å². The fourth-order valence-corrected chi connectivity index (χ4v) is 5.00. The van der Waals surface area contributed by atoms with Gasteiger partial charge in [-0.15, -0.1) is 0 Å². The number of carbonyl (C=O) groups excluding carboxylic acids is 3. The van der Waals surface area contributed by atoms with Crippen LogP contribution in [0.4, 0.5) is 4.79 Å². The van der Waals surface area contributed by atoms with E-state index in [4.69, 9.17) is 0 Å². The van der Waals surface area contributed by atoms with Gasteiger partial charge in [-0.3, -0.25) is 14.5 Å². The molecule has 1 saturated carbocycles. The van der Waals surface area contributed by atoms with E-state index in [0.29, 0.717) is 17.9 Å². The molecule has 3 aromatic rings. The van der Waals surface area contributed by atoms with Gasteiger partial charge in [0.25, 0.3) is 5.91 Å². The highest BCUT2D eigenvalue weighted by atomic mass is 16.2. The summed E-state index contributed by atoms with van der Waals surface area (Å²) >= 11 is 0. The third-order valence-electron chi connectivity index (χ3n) is 6.82. The van der Waals surface area contributed by atoms with Crippen molar-refractivity contribution < 1.29 is 14.4 Å². The Kier molecular flexibility index (Phi) is 5.52. The molecule has 1 atom stereocenters. The van der Waals surface area contributed by atoms with Gasteiger partial charge < -0.3 is 10.3 Å². The van der Waals surface area contributed by atoms with Crippen molar-refractivity contribution in [3.05, 3.63) is 71.4 Å². The van der Waals surface area contributed by atoms with Gasteiger partial charge in [-0.1, -0.05) is 61.7 Å². The van der Waals surface area contributed by atoms with Crippen molar-refractivity contribution in [1.82, 2.24) is 15.2 Å². The second-order valence-electron chi connectivity index (χ2n) is 8.87. The van der Waals surface area contributed by atoms with E-state index >= 15 is 0 Å². The summed E-state index contributed by atoms with van der Waals surface area (Å²) in [7, 11) is 0.